The average Bonchev–Trinajstić information content (AvgIpc) is 2.82. The molecule has 0 radical (unpaired) electrons. The highest BCUT2D eigenvalue weighted by atomic mass is 16.6. The second-order valence-electron chi connectivity index (χ2n) is 8.63. The van der Waals surface area contributed by atoms with E-state index in [0.29, 0.717) is 37.7 Å². The van der Waals surface area contributed by atoms with Crippen LogP contribution in [0.2, 0.25) is 0 Å². The van der Waals surface area contributed by atoms with Crippen LogP contribution in [0.15, 0.2) is 48.5 Å². The van der Waals surface area contributed by atoms with Crippen molar-refractivity contribution in [3.8, 4) is 11.5 Å². The van der Waals surface area contributed by atoms with Crippen molar-refractivity contribution >= 4 is 12.0 Å². The highest BCUT2D eigenvalue weighted by Gasteiger charge is 2.29. The van der Waals surface area contributed by atoms with Crippen LogP contribution in [-0.4, -0.2) is 60.4 Å². The number of fused-ring (bicyclic) bond motifs is 1. The molecule has 2 N–H and O–H groups in total. The van der Waals surface area contributed by atoms with Gasteiger partial charge in [0.15, 0.2) is 17.6 Å². The lowest BCUT2D eigenvalue weighted by Gasteiger charge is -2.34. The topological polar surface area (TPSA) is 71.0 Å². The van der Waals surface area contributed by atoms with Crippen LogP contribution in [0.5, 0.6) is 11.5 Å². The lowest BCUT2D eigenvalue weighted by atomic mass is 10.0. The second kappa shape index (κ2) is 10.2. The number of para-hydroxylation sites is 2. The van der Waals surface area contributed by atoms with Crippen molar-refractivity contribution in [2.75, 3.05) is 26.2 Å². The van der Waals surface area contributed by atoms with Crippen molar-refractivity contribution in [2.24, 2.45) is 0 Å². The Labute approximate surface area is 189 Å². The number of hydrogen-bond donors (Lipinski definition) is 2. The minimum atomic E-state index is -0.664. The van der Waals surface area contributed by atoms with Gasteiger partial charge in [-0.15, -0.1) is 0 Å². The number of carbonyl (C=O) groups excluding carboxylic acids is 1. The Kier molecular flexibility index (Phi) is 7.12. The van der Waals surface area contributed by atoms with Crippen molar-refractivity contribution in [3.05, 3.63) is 65.2 Å². The van der Waals surface area contributed by atoms with Gasteiger partial charge in [-0.25, -0.2) is 0 Å². The predicted molar refractivity (Wildman–Crippen MR) is 125 cm³/mol. The standard InChI is InChI=1S/C26H32N2O4/c1-18-6-5-7-19(2)21(18)10-11-26(30)28-14-12-20(13-15-28)27-16-22(29)25-17-31-23-8-3-4-9-24(23)32-25/h3-11,20,22,25,27,29H,12-17H2,1-2H3/b11-10+. The van der Waals surface area contributed by atoms with Crippen LogP contribution < -0.4 is 14.8 Å². The van der Waals surface area contributed by atoms with Gasteiger partial charge >= 0.3 is 0 Å². The van der Waals surface area contributed by atoms with E-state index in [1.807, 2.05) is 41.3 Å². The number of likely N-dealkylation sites (tertiary alicyclic amines) is 1. The molecule has 170 valence electrons. The first kappa shape index (κ1) is 22.4. The molecule has 6 heteroatoms. The zero-order chi connectivity index (χ0) is 22.5. The summed E-state index contributed by atoms with van der Waals surface area (Å²) in [5.41, 5.74) is 3.46. The number of hydrogen-bond acceptors (Lipinski definition) is 5. The molecule has 0 aromatic heterocycles. The van der Waals surface area contributed by atoms with Crippen molar-refractivity contribution < 1.29 is 19.4 Å². The number of aliphatic hydroxyl groups excluding tert-OH is 1. The summed E-state index contributed by atoms with van der Waals surface area (Å²) in [6.45, 7) is 6.30. The number of rotatable bonds is 6. The Morgan fingerprint density at radius 2 is 1.81 bits per heavy atom. The van der Waals surface area contributed by atoms with Crippen LogP contribution in [0, 0.1) is 13.8 Å². The van der Waals surface area contributed by atoms with E-state index in [2.05, 4.69) is 31.3 Å². The van der Waals surface area contributed by atoms with Crippen LogP contribution in [0.3, 0.4) is 0 Å². The van der Waals surface area contributed by atoms with Crippen LogP contribution in [0.4, 0.5) is 0 Å². The number of piperidine rings is 1. The summed E-state index contributed by atoms with van der Waals surface area (Å²) in [6.07, 6.45) is 4.28. The van der Waals surface area contributed by atoms with Crippen LogP contribution in [-0.2, 0) is 4.79 Å². The Bertz CT molecular complexity index is 946. The molecule has 4 rings (SSSR count). The summed E-state index contributed by atoms with van der Waals surface area (Å²) < 4.78 is 11.6. The maximum atomic E-state index is 12.6. The highest BCUT2D eigenvalue weighted by molar-refractivity contribution is 5.92. The van der Waals surface area contributed by atoms with E-state index in [1.54, 1.807) is 6.08 Å². The van der Waals surface area contributed by atoms with E-state index in [0.717, 1.165) is 18.4 Å². The summed E-state index contributed by atoms with van der Waals surface area (Å²) in [7, 11) is 0. The molecule has 0 bridgehead atoms. The van der Waals surface area contributed by atoms with Crippen molar-refractivity contribution in [2.45, 2.75) is 44.9 Å². The molecule has 2 atom stereocenters. The molecule has 2 aliphatic heterocycles. The van der Waals surface area contributed by atoms with Gasteiger partial charge in [-0.1, -0.05) is 30.3 Å². The van der Waals surface area contributed by atoms with Gasteiger partial charge in [0.05, 0.1) is 0 Å². The average molecular weight is 437 g/mol. The molecule has 2 aromatic carbocycles. The molecule has 1 saturated heterocycles. The largest absolute Gasteiger partial charge is 0.486 e. The third-order valence-corrected chi connectivity index (χ3v) is 6.32. The smallest absolute Gasteiger partial charge is 0.246 e. The van der Waals surface area contributed by atoms with Crippen molar-refractivity contribution in [1.29, 1.82) is 0 Å². The minimum Gasteiger partial charge on any atom is -0.486 e. The van der Waals surface area contributed by atoms with E-state index >= 15 is 0 Å². The van der Waals surface area contributed by atoms with Crippen molar-refractivity contribution in [3.63, 3.8) is 0 Å². The molecule has 1 amide bonds. The molecular weight excluding hydrogens is 404 g/mol. The first-order valence-electron chi connectivity index (χ1n) is 11.3. The molecule has 2 aliphatic rings. The maximum absolute atomic E-state index is 12.6. The molecule has 6 nitrogen and oxygen atoms in total. The number of benzene rings is 2. The highest BCUT2D eigenvalue weighted by Crippen LogP contribution is 2.31. The molecule has 2 unspecified atom stereocenters. The Morgan fingerprint density at radius 3 is 2.53 bits per heavy atom. The van der Waals surface area contributed by atoms with Gasteiger partial charge in [0.25, 0.3) is 0 Å². The number of carbonyl (C=O) groups is 1. The lowest BCUT2D eigenvalue weighted by Crippen LogP contribution is -2.50. The van der Waals surface area contributed by atoms with Gasteiger partial charge in [-0.3, -0.25) is 4.79 Å². The summed E-state index contributed by atoms with van der Waals surface area (Å²) in [5, 5.41) is 14.0. The van der Waals surface area contributed by atoms with Gasteiger partial charge in [0.1, 0.15) is 12.7 Å². The fourth-order valence-corrected chi connectivity index (χ4v) is 4.30. The summed E-state index contributed by atoms with van der Waals surface area (Å²) in [4.78, 5) is 14.5. The third-order valence-electron chi connectivity index (χ3n) is 6.32. The Hall–Kier alpha value is -2.83. The van der Waals surface area contributed by atoms with Crippen molar-refractivity contribution in [1.82, 2.24) is 10.2 Å². The molecule has 2 aromatic rings. The molecule has 0 aliphatic carbocycles. The molecule has 0 spiro atoms. The first-order chi connectivity index (χ1) is 15.5. The zero-order valence-electron chi connectivity index (χ0n) is 18.8. The van der Waals surface area contributed by atoms with Gasteiger partial charge in [0.2, 0.25) is 5.91 Å². The van der Waals surface area contributed by atoms with E-state index < -0.39 is 12.2 Å². The predicted octanol–water partition coefficient (Wildman–Crippen LogP) is 3.10. The number of aryl methyl sites for hydroxylation is 2. The second-order valence-corrected chi connectivity index (χ2v) is 8.63. The monoisotopic (exact) mass is 436 g/mol. The Balaban J connectivity index is 1.21. The summed E-state index contributed by atoms with van der Waals surface area (Å²) in [5.74, 6) is 1.44. The maximum Gasteiger partial charge on any atom is 0.246 e. The zero-order valence-corrected chi connectivity index (χ0v) is 18.8. The first-order valence-corrected chi connectivity index (χ1v) is 11.3. The molecule has 32 heavy (non-hydrogen) atoms. The van der Waals surface area contributed by atoms with Crippen LogP contribution in [0.1, 0.15) is 29.5 Å². The van der Waals surface area contributed by atoms with Gasteiger partial charge in [0, 0.05) is 31.8 Å². The van der Waals surface area contributed by atoms with Crippen LogP contribution >= 0.6 is 0 Å². The number of nitrogens with one attached hydrogen (secondary N) is 1. The van der Waals surface area contributed by atoms with E-state index in [4.69, 9.17) is 9.47 Å². The van der Waals surface area contributed by atoms with Gasteiger partial charge in [-0.2, -0.15) is 0 Å². The minimum absolute atomic E-state index is 0.0533. The quantitative estimate of drug-likeness (QED) is 0.681. The Morgan fingerprint density at radius 1 is 1.12 bits per heavy atom. The lowest BCUT2D eigenvalue weighted by molar-refractivity contribution is -0.127. The summed E-state index contributed by atoms with van der Waals surface area (Å²) in [6, 6.07) is 13.9. The molecule has 1 fully saturated rings. The summed E-state index contributed by atoms with van der Waals surface area (Å²) >= 11 is 0. The van der Waals surface area contributed by atoms with E-state index in [9.17, 15) is 9.90 Å². The fourth-order valence-electron chi connectivity index (χ4n) is 4.30. The number of ether oxygens (including phenoxy) is 2. The third kappa shape index (κ3) is 5.31. The fraction of sp³-hybridized carbons (Fsp3) is 0.423. The van der Waals surface area contributed by atoms with E-state index in [-0.39, 0.29) is 11.9 Å². The van der Waals surface area contributed by atoms with E-state index in [1.165, 1.54) is 11.1 Å². The van der Waals surface area contributed by atoms with Gasteiger partial charge in [-0.05, 0) is 61.6 Å². The SMILES string of the molecule is Cc1cccc(C)c1/C=C/C(=O)N1CCC(NCC(O)C2COc3ccccc3O2)CC1. The van der Waals surface area contributed by atoms with Gasteiger partial charge < -0.3 is 24.8 Å². The normalized spacial score (nSPS) is 19.8. The number of amides is 1. The number of nitrogens with zero attached hydrogens (tertiary/aromatic N) is 1. The molecular formula is C26H32N2O4. The number of aliphatic hydroxyl groups is 1. The molecule has 0 saturated carbocycles. The molecule has 2 heterocycles. The van der Waals surface area contributed by atoms with Crippen LogP contribution in [0.25, 0.3) is 6.08 Å².